The molecule has 0 spiro atoms. The van der Waals surface area contributed by atoms with Crippen molar-refractivity contribution in [3.63, 3.8) is 0 Å². The minimum absolute atomic E-state index is 0.150. The van der Waals surface area contributed by atoms with E-state index in [1.165, 1.54) is 0 Å². The van der Waals surface area contributed by atoms with Crippen molar-refractivity contribution in [1.82, 2.24) is 20.2 Å². The van der Waals surface area contributed by atoms with Gasteiger partial charge in [-0.2, -0.15) is 0 Å². The van der Waals surface area contributed by atoms with E-state index in [-0.39, 0.29) is 18.6 Å². The van der Waals surface area contributed by atoms with E-state index in [9.17, 15) is 4.79 Å². The van der Waals surface area contributed by atoms with Crippen molar-refractivity contribution >= 4 is 11.6 Å². The van der Waals surface area contributed by atoms with Crippen LogP contribution in [-0.4, -0.2) is 26.1 Å². The lowest BCUT2D eigenvalue weighted by molar-refractivity contribution is 0.102. The van der Waals surface area contributed by atoms with Gasteiger partial charge >= 0.3 is 0 Å². The van der Waals surface area contributed by atoms with Crippen molar-refractivity contribution in [2.75, 3.05) is 5.32 Å². The van der Waals surface area contributed by atoms with Crippen LogP contribution < -0.4 is 10.1 Å². The number of ether oxygens (including phenoxy) is 1. The van der Waals surface area contributed by atoms with Gasteiger partial charge in [0.25, 0.3) is 5.91 Å². The highest BCUT2D eigenvalue weighted by atomic mass is 16.5. The van der Waals surface area contributed by atoms with E-state index in [4.69, 9.17) is 4.74 Å². The Morgan fingerprint density at radius 3 is 2.72 bits per heavy atom. The Balaban J connectivity index is 1.67. The maximum absolute atomic E-state index is 12.3. The van der Waals surface area contributed by atoms with Crippen LogP contribution in [0.2, 0.25) is 0 Å². The Hall–Kier alpha value is -3.22. The zero-order valence-corrected chi connectivity index (χ0v) is 14.1. The number of hydrogen-bond donors (Lipinski definition) is 1. The molecule has 0 aliphatic rings. The third-order valence-corrected chi connectivity index (χ3v) is 3.55. The molecule has 0 saturated carbocycles. The van der Waals surface area contributed by atoms with Crippen LogP contribution in [0.1, 0.15) is 36.1 Å². The Morgan fingerprint density at radius 2 is 1.96 bits per heavy atom. The molecule has 0 aliphatic carbocycles. The summed E-state index contributed by atoms with van der Waals surface area (Å²) in [5.74, 6) is 1.02. The summed E-state index contributed by atoms with van der Waals surface area (Å²) in [6, 6.07) is 16.5. The predicted molar refractivity (Wildman–Crippen MR) is 93.4 cm³/mol. The first-order valence-corrected chi connectivity index (χ1v) is 7.99. The molecule has 0 bridgehead atoms. The van der Waals surface area contributed by atoms with E-state index in [1.54, 1.807) is 28.9 Å². The van der Waals surface area contributed by atoms with E-state index < -0.39 is 0 Å². The van der Waals surface area contributed by atoms with Crippen molar-refractivity contribution in [1.29, 1.82) is 0 Å². The Morgan fingerprint density at radius 1 is 1.16 bits per heavy atom. The number of tetrazole rings is 1. The molecule has 0 fully saturated rings. The second-order valence-electron chi connectivity index (χ2n) is 5.77. The summed E-state index contributed by atoms with van der Waals surface area (Å²) in [6.07, 6.45) is 0. The molecule has 1 aromatic heterocycles. The molecular weight excluding hydrogens is 318 g/mol. The highest BCUT2D eigenvalue weighted by molar-refractivity contribution is 6.04. The largest absolute Gasteiger partial charge is 0.486 e. The summed E-state index contributed by atoms with van der Waals surface area (Å²) >= 11 is 0. The SMILES string of the molecule is CC(C)n1nnnc1COc1cccc(C(=O)Nc2ccccc2)c1. The lowest BCUT2D eigenvalue weighted by Crippen LogP contribution is -2.12. The molecule has 0 aliphatic heterocycles. The maximum Gasteiger partial charge on any atom is 0.255 e. The third-order valence-electron chi connectivity index (χ3n) is 3.55. The van der Waals surface area contributed by atoms with Crippen molar-refractivity contribution in [2.45, 2.75) is 26.5 Å². The van der Waals surface area contributed by atoms with E-state index in [2.05, 4.69) is 20.8 Å². The highest BCUT2D eigenvalue weighted by Gasteiger charge is 2.11. The number of hydrogen-bond acceptors (Lipinski definition) is 5. The van der Waals surface area contributed by atoms with Gasteiger partial charge in [-0.1, -0.05) is 24.3 Å². The molecular formula is C18H19N5O2. The topological polar surface area (TPSA) is 81.9 Å². The summed E-state index contributed by atoms with van der Waals surface area (Å²) in [6.45, 7) is 4.22. The first-order valence-electron chi connectivity index (χ1n) is 7.99. The molecule has 7 heteroatoms. The van der Waals surface area contributed by atoms with Gasteiger partial charge in [0.15, 0.2) is 5.82 Å². The van der Waals surface area contributed by atoms with Crippen molar-refractivity contribution in [3.05, 3.63) is 66.0 Å². The van der Waals surface area contributed by atoms with Gasteiger partial charge in [-0.05, 0) is 54.6 Å². The molecule has 128 valence electrons. The van der Waals surface area contributed by atoms with Crippen LogP contribution in [0.4, 0.5) is 5.69 Å². The lowest BCUT2D eigenvalue weighted by atomic mass is 10.2. The minimum Gasteiger partial charge on any atom is -0.486 e. The number of anilines is 1. The fourth-order valence-electron chi connectivity index (χ4n) is 2.31. The quantitative estimate of drug-likeness (QED) is 0.747. The van der Waals surface area contributed by atoms with Gasteiger partial charge in [0.05, 0.1) is 6.04 Å². The molecule has 3 aromatic rings. The molecule has 25 heavy (non-hydrogen) atoms. The van der Waals surface area contributed by atoms with Gasteiger partial charge < -0.3 is 10.1 Å². The van der Waals surface area contributed by atoms with Crippen molar-refractivity contribution in [3.8, 4) is 5.75 Å². The average Bonchev–Trinajstić information content (AvgIpc) is 3.10. The Labute approximate surface area is 145 Å². The second kappa shape index (κ2) is 7.57. The number of para-hydroxylation sites is 1. The van der Waals surface area contributed by atoms with E-state index in [0.29, 0.717) is 17.1 Å². The third kappa shape index (κ3) is 4.20. The molecule has 7 nitrogen and oxygen atoms in total. The molecule has 1 N–H and O–H groups in total. The predicted octanol–water partition coefficient (Wildman–Crippen LogP) is 3.09. The molecule has 1 heterocycles. The van der Waals surface area contributed by atoms with Crippen LogP contribution in [0.25, 0.3) is 0 Å². The summed E-state index contributed by atoms with van der Waals surface area (Å²) in [7, 11) is 0. The number of rotatable bonds is 6. The van der Waals surface area contributed by atoms with E-state index in [0.717, 1.165) is 5.69 Å². The summed E-state index contributed by atoms with van der Waals surface area (Å²) in [4.78, 5) is 12.3. The number of aromatic nitrogens is 4. The number of nitrogens with zero attached hydrogens (tertiary/aromatic N) is 4. The van der Waals surface area contributed by atoms with Crippen LogP contribution >= 0.6 is 0 Å². The maximum atomic E-state index is 12.3. The van der Waals surface area contributed by atoms with E-state index >= 15 is 0 Å². The Kier molecular flexibility index (Phi) is 5.03. The molecule has 0 atom stereocenters. The van der Waals surface area contributed by atoms with Crippen LogP contribution in [0.15, 0.2) is 54.6 Å². The molecule has 0 unspecified atom stereocenters. The Bertz CT molecular complexity index is 845. The molecule has 0 radical (unpaired) electrons. The van der Waals surface area contributed by atoms with Gasteiger partial charge in [-0.3, -0.25) is 4.79 Å². The van der Waals surface area contributed by atoms with Crippen LogP contribution in [0.3, 0.4) is 0 Å². The first kappa shape index (κ1) is 16.6. The average molecular weight is 337 g/mol. The summed E-state index contributed by atoms with van der Waals surface area (Å²) in [5.41, 5.74) is 1.26. The standard InChI is InChI=1S/C18H19N5O2/c1-13(2)23-17(20-21-22-23)12-25-16-10-6-7-14(11-16)18(24)19-15-8-4-3-5-9-15/h3-11,13H,12H2,1-2H3,(H,19,24). The molecule has 1 amide bonds. The van der Waals surface area contributed by atoms with Gasteiger partial charge in [-0.15, -0.1) is 5.10 Å². The number of nitrogens with one attached hydrogen (secondary N) is 1. The summed E-state index contributed by atoms with van der Waals surface area (Å²) in [5, 5.41) is 14.4. The number of carbonyl (C=O) groups is 1. The molecule has 3 rings (SSSR count). The van der Waals surface area contributed by atoms with Gasteiger partial charge in [-0.25, -0.2) is 4.68 Å². The molecule has 2 aromatic carbocycles. The van der Waals surface area contributed by atoms with Crippen molar-refractivity contribution < 1.29 is 9.53 Å². The van der Waals surface area contributed by atoms with Crippen LogP contribution in [0.5, 0.6) is 5.75 Å². The zero-order chi connectivity index (χ0) is 17.6. The van der Waals surface area contributed by atoms with Gasteiger partial charge in [0.2, 0.25) is 0 Å². The smallest absolute Gasteiger partial charge is 0.255 e. The number of amides is 1. The zero-order valence-electron chi connectivity index (χ0n) is 14.1. The minimum atomic E-state index is -0.191. The van der Waals surface area contributed by atoms with Gasteiger partial charge in [0.1, 0.15) is 12.4 Å². The second-order valence-corrected chi connectivity index (χ2v) is 5.77. The normalized spacial score (nSPS) is 10.7. The lowest BCUT2D eigenvalue weighted by Gasteiger charge is -2.10. The molecule has 0 saturated heterocycles. The number of benzene rings is 2. The van der Waals surface area contributed by atoms with Gasteiger partial charge in [0, 0.05) is 11.3 Å². The van der Waals surface area contributed by atoms with Crippen LogP contribution in [-0.2, 0) is 6.61 Å². The monoisotopic (exact) mass is 337 g/mol. The highest BCUT2D eigenvalue weighted by Crippen LogP contribution is 2.17. The number of carbonyl (C=O) groups excluding carboxylic acids is 1. The fraction of sp³-hybridized carbons (Fsp3) is 0.222. The first-order chi connectivity index (χ1) is 12.1. The van der Waals surface area contributed by atoms with E-state index in [1.807, 2.05) is 44.2 Å². The fourth-order valence-corrected chi connectivity index (χ4v) is 2.31. The summed E-state index contributed by atoms with van der Waals surface area (Å²) < 4.78 is 7.44. The van der Waals surface area contributed by atoms with Crippen LogP contribution in [0, 0.1) is 0 Å². The van der Waals surface area contributed by atoms with Crippen molar-refractivity contribution in [2.24, 2.45) is 0 Å².